The van der Waals surface area contributed by atoms with Gasteiger partial charge < -0.3 is 10.4 Å². The molecule has 106 valence electrons. The van der Waals surface area contributed by atoms with E-state index in [1.54, 1.807) is 0 Å². The molecule has 3 nitrogen and oxygen atoms in total. The Hall–Kier alpha value is -1.35. The van der Waals surface area contributed by atoms with Gasteiger partial charge in [-0.2, -0.15) is 0 Å². The van der Waals surface area contributed by atoms with Gasteiger partial charge in [-0.3, -0.25) is 4.79 Å². The molecular formula is C16H25NO2. The van der Waals surface area contributed by atoms with E-state index < -0.39 is 5.97 Å². The van der Waals surface area contributed by atoms with Crippen LogP contribution >= 0.6 is 0 Å². The van der Waals surface area contributed by atoms with Gasteiger partial charge in [-0.15, -0.1) is 0 Å². The summed E-state index contributed by atoms with van der Waals surface area (Å²) in [4.78, 5) is 11.2. The van der Waals surface area contributed by atoms with E-state index in [4.69, 9.17) is 0 Å². The topological polar surface area (TPSA) is 49.3 Å². The normalized spacial score (nSPS) is 12.7. The van der Waals surface area contributed by atoms with E-state index >= 15 is 0 Å². The van der Waals surface area contributed by atoms with Crippen molar-refractivity contribution >= 4 is 5.97 Å². The average molecular weight is 263 g/mol. The average Bonchev–Trinajstić information content (AvgIpc) is 2.32. The summed E-state index contributed by atoms with van der Waals surface area (Å²) in [6.07, 6.45) is 0.717. The molecule has 1 aromatic rings. The Morgan fingerprint density at radius 1 is 1.32 bits per heavy atom. The first-order chi connectivity index (χ1) is 8.91. The maximum atomic E-state index is 11.2. The quantitative estimate of drug-likeness (QED) is 0.794. The first-order valence-corrected chi connectivity index (χ1v) is 6.90. The zero-order valence-electron chi connectivity index (χ0n) is 12.4. The number of nitrogens with one attached hydrogen (secondary N) is 1. The van der Waals surface area contributed by atoms with Crippen molar-refractivity contribution in [2.24, 2.45) is 11.8 Å². The van der Waals surface area contributed by atoms with Gasteiger partial charge >= 0.3 is 5.97 Å². The fourth-order valence-electron chi connectivity index (χ4n) is 2.22. The van der Waals surface area contributed by atoms with Crippen LogP contribution in [0.3, 0.4) is 0 Å². The Morgan fingerprint density at radius 2 is 2.00 bits per heavy atom. The highest BCUT2D eigenvalue weighted by molar-refractivity contribution is 5.70. The fraction of sp³-hybridized carbons (Fsp3) is 0.562. The lowest BCUT2D eigenvalue weighted by molar-refractivity contribution is -0.142. The van der Waals surface area contributed by atoms with Crippen LogP contribution in [0.25, 0.3) is 0 Å². The molecule has 0 spiro atoms. The number of aryl methyl sites for hydroxylation is 1. The third kappa shape index (κ3) is 5.03. The third-order valence-electron chi connectivity index (χ3n) is 3.53. The van der Waals surface area contributed by atoms with Crippen LogP contribution in [-0.2, 0) is 11.3 Å². The summed E-state index contributed by atoms with van der Waals surface area (Å²) >= 11 is 0. The number of hydrogen-bond donors (Lipinski definition) is 2. The van der Waals surface area contributed by atoms with Crippen LogP contribution in [0.5, 0.6) is 0 Å². The second-order valence-electron chi connectivity index (χ2n) is 5.65. The highest BCUT2D eigenvalue weighted by Gasteiger charge is 2.18. The molecule has 1 aromatic carbocycles. The first-order valence-electron chi connectivity index (χ1n) is 6.90. The smallest absolute Gasteiger partial charge is 0.307 e. The predicted molar refractivity (Wildman–Crippen MR) is 78.2 cm³/mol. The van der Waals surface area contributed by atoms with Crippen LogP contribution in [0, 0.1) is 25.7 Å². The zero-order valence-corrected chi connectivity index (χ0v) is 12.4. The molecule has 0 fully saturated rings. The van der Waals surface area contributed by atoms with Gasteiger partial charge in [0, 0.05) is 13.1 Å². The van der Waals surface area contributed by atoms with Gasteiger partial charge in [0.2, 0.25) is 0 Å². The minimum Gasteiger partial charge on any atom is -0.481 e. The molecule has 0 aliphatic carbocycles. The van der Waals surface area contributed by atoms with Crippen molar-refractivity contribution in [2.75, 3.05) is 6.54 Å². The SMILES string of the molecule is Cc1cccc(CNCC(CC(C)C)C(=O)O)c1C. The lowest BCUT2D eigenvalue weighted by Gasteiger charge is -2.16. The van der Waals surface area contributed by atoms with Crippen LogP contribution in [-0.4, -0.2) is 17.6 Å². The van der Waals surface area contributed by atoms with Gasteiger partial charge in [-0.1, -0.05) is 32.0 Å². The number of carbonyl (C=O) groups is 1. The molecule has 0 aliphatic rings. The van der Waals surface area contributed by atoms with E-state index in [2.05, 4.69) is 45.1 Å². The molecule has 0 saturated carbocycles. The highest BCUT2D eigenvalue weighted by Crippen LogP contribution is 2.14. The summed E-state index contributed by atoms with van der Waals surface area (Å²) in [5, 5.41) is 12.5. The molecule has 2 N–H and O–H groups in total. The molecule has 0 saturated heterocycles. The molecule has 3 heteroatoms. The fourth-order valence-corrected chi connectivity index (χ4v) is 2.22. The molecule has 0 aromatic heterocycles. The van der Waals surface area contributed by atoms with Crippen LogP contribution < -0.4 is 5.32 Å². The molecule has 0 heterocycles. The molecule has 0 amide bonds. The summed E-state index contributed by atoms with van der Waals surface area (Å²) in [5.74, 6) is -0.601. The lowest BCUT2D eigenvalue weighted by Crippen LogP contribution is -2.29. The van der Waals surface area contributed by atoms with E-state index in [0.29, 0.717) is 12.5 Å². The van der Waals surface area contributed by atoms with Crippen molar-refractivity contribution in [1.82, 2.24) is 5.32 Å². The minimum absolute atomic E-state index is 0.301. The van der Waals surface area contributed by atoms with E-state index in [-0.39, 0.29) is 5.92 Å². The van der Waals surface area contributed by atoms with Crippen LogP contribution in [0.15, 0.2) is 18.2 Å². The third-order valence-corrected chi connectivity index (χ3v) is 3.53. The minimum atomic E-state index is -0.706. The standard InChI is InChI=1S/C16H25NO2/c1-11(2)8-15(16(18)19)10-17-9-14-7-5-6-12(3)13(14)4/h5-7,11,15,17H,8-10H2,1-4H3,(H,18,19). The molecule has 1 atom stereocenters. The van der Waals surface area contributed by atoms with Gasteiger partial charge in [-0.05, 0) is 42.9 Å². The monoisotopic (exact) mass is 263 g/mol. The van der Waals surface area contributed by atoms with E-state index in [0.717, 1.165) is 13.0 Å². The number of hydrogen-bond acceptors (Lipinski definition) is 2. The van der Waals surface area contributed by atoms with Gasteiger partial charge in [0.05, 0.1) is 5.92 Å². The summed E-state index contributed by atoms with van der Waals surface area (Å²) in [6, 6.07) is 6.23. The van der Waals surface area contributed by atoms with Crippen LogP contribution in [0.2, 0.25) is 0 Å². The summed E-state index contributed by atoms with van der Waals surface area (Å²) in [6.45, 7) is 9.57. The first kappa shape index (κ1) is 15.7. The molecule has 19 heavy (non-hydrogen) atoms. The zero-order chi connectivity index (χ0) is 14.4. The number of carboxylic acids is 1. The van der Waals surface area contributed by atoms with Crippen molar-refractivity contribution in [2.45, 2.75) is 40.7 Å². The highest BCUT2D eigenvalue weighted by atomic mass is 16.4. The van der Waals surface area contributed by atoms with Gasteiger partial charge in [0.15, 0.2) is 0 Å². The second-order valence-corrected chi connectivity index (χ2v) is 5.65. The number of carboxylic acid groups (broad SMARTS) is 1. The molecule has 0 aliphatic heterocycles. The van der Waals surface area contributed by atoms with Crippen molar-refractivity contribution in [3.63, 3.8) is 0 Å². The van der Waals surface area contributed by atoms with Gasteiger partial charge in [0.1, 0.15) is 0 Å². The molecule has 0 radical (unpaired) electrons. The maximum absolute atomic E-state index is 11.2. The van der Waals surface area contributed by atoms with Crippen molar-refractivity contribution in [1.29, 1.82) is 0 Å². The molecule has 1 unspecified atom stereocenters. The number of rotatable bonds is 7. The Balaban J connectivity index is 2.52. The van der Waals surface area contributed by atoms with Gasteiger partial charge in [0.25, 0.3) is 0 Å². The van der Waals surface area contributed by atoms with E-state index in [1.165, 1.54) is 16.7 Å². The number of aliphatic carboxylic acids is 1. The Labute approximate surface area is 116 Å². The Bertz CT molecular complexity index is 427. The summed E-state index contributed by atoms with van der Waals surface area (Å²) in [7, 11) is 0. The largest absolute Gasteiger partial charge is 0.481 e. The van der Waals surface area contributed by atoms with E-state index in [1.807, 2.05) is 6.07 Å². The van der Waals surface area contributed by atoms with Crippen LogP contribution in [0.4, 0.5) is 0 Å². The Kier molecular flexibility index (Phi) is 6.03. The lowest BCUT2D eigenvalue weighted by atomic mass is 9.97. The van der Waals surface area contributed by atoms with Crippen molar-refractivity contribution in [3.8, 4) is 0 Å². The van der Waals surface area contributed by atoms with Crippen molar-refractivity contribution in [3.05, 3.63) is 34.9 Å². The molecular weight excluding hydrogens is 238 g/mol. The second kappa shape index (κ2) is 7.29. The predicted octanol–water partition coefficient (Wildman–Crippen LogP) is 3.14. The maximum Gasteiger partial charge on any atom is 0.307 e. The molecule has 1 rings (SSSR count). The van der Waals surface area contributed by atoms with Crippen molar-refractivity contribution < 1.29 is 9.90 Å². The summed E-state index contributed by atoms with van der Waals surface area (Å²) in [5.41, 5.74) is 3.80. The van der Waals surface area contributed by atoms with Crippen LogP contribution in [0.1, 0.15) is 37.0 Å². The van der Waals surface area contributed by atoms with E-state index in [9.17, 15) is 9.90 Å². The Morgan fingerprint density at radius 3 is 2.58 bits per heavy atom. The summed E-state index contributed by atoms with van der Waals surface area (Å²) < 4.78 is 0. The van der Waals surface area contributed by atoms with Gasteiger partial charge in [-0.25, -0.2) is 0 Å². The number of benzene rings is 1. The molecule has 0 bridgehead atoms.